The smallest absolute Gasteiger partial charge is 0.142 e. The summed E-state index contributed by atoms with van der Waals surface area (Å²) in [6.07, 6.45) is 1.54. The van der Waals surface area contributed by atoms with Crippen molar-refractivity contribution in [2.75, 3.05) is 5.32 Å². The third-order valence-electron chi connectivity index (χ3n) is 4.10. The molecule has 6 heteroatoms. The third-order valence-corrected chi connectivity index (χ3v) is 5.25. The summed E-state index contributed by atoms with van der Waals surface area (Å²) >= 11 is 8.06. The molecule has 4 aromatic rings. The first-order valence-electron chi connectivity index (χ1n) is 7.95. The molecule has 0 bridgehead atoms. The van der Waals surface area contributed by atoms with Crippen molar-refractivity contribution in [3.63, 3.8) is 0 Å². The van der Waals surface area contributed by atoms with Crippen molar-refractivity contribution in [2.24, 2.45) is 0 Å². The molecule has 0 saturated heterocycles. The molecule has 0 saturated carbocycles. The van der Waals surface area contributed by atoms with E-state index >= 15 is 0 Å². The van der Waals surface area contributed by atoms with Crippen molar-refractivity contribution in [1.29, 1.82) is 5.26 Å². The molecule has 2 aromatic carbocycles. The van der Waals surface area contributed by atoms with Crippen LogP contribution >= 0.6 is 22.9 Å². The molecular weight excluding hydrogens is 364 g/mol. The van der Waals surface area contributed by atoms with E-state index in [0.717, 1.165) is 32.8 Å². The summed E-state index contributed by atoms with van der Waals surface area (Å²) in [5, 5.41) is 16.4. The van der Waals surface area contributed by atoms with E-state index in [0.29, 0.717) is 5.02 Å². The Morgan fingerprint density at radius 1 is 1.08 bits per heavy atom. The zero-order valence-corrected chi connectivity index (χ0v) is 15.1. The summed E-state index contributed by atoms with van der Waals surface area (Å²) in [6.45, 7) is 0. The first-order chi connectivity index (χ1) is 12.8. The number of nitrogens with zero attached hydrogens (tertiary/aromatic N) is 3. The van der Waals surface area contributed by atoms with E-state index < -0.39 is 5.92 Å². The lowest BCUT2D eigenvalue weighted by atomic mass is 9.92. The first-order valence-corrected chi connectivity index (χ1v) is 9.21. The molecule has 0 aliphatic heterocycles. The van der Waals surface area contributed by atoms with Crippen LogP contribution in [0.2, 0.25) is 5.02 Å². The summed E-state index contributed by atoms with van der Waals surface area (Å²) in [6, 6.07) is 19.6. The predicted octanol–water partition coefficient (Wildman–Crippen LogP) is 5.74. The minimum absolute atomic E-state index is 0.402. The Morgan fingerprint density at radius 3 is 2.69 bits per heavy atom. The number of anilines is 2. The molecule has 2 aromatic heterocycles. The maximum Gasteiger partial charge on any atom is 0.142 e. The summed E-state index contributed by atoms with van der Waals surface area (Å²) in [5.41, 5.74) is 2.53. The van der Waals surface area contributed by atoms with Crippen molar-refractivity contribution in [2.45, 2.75) is 5.92 Å². The monoisotopic (exact) mass is 376 g/mol. The number of hydrogen-bond acceptors (Lipinski definition) is 5. The number of thiophene rings is 1. The van der Waals surface area contributed by atoms with E-state index in [2.05, 4.69) is 21.4 Å². The Balaban J connectivity index is 1.66. The minimum Gasteiger partial charge on any atom is -0.340 e. The number of halogens is 1. The average Bonchev–Trinajstić information content (AvgIpc) is 3.15. The van der Waals surface area contributed by atoms with Gasteiger partial charge in [0.25, 0.3) is 0 Å². The molecule has 0 aliphatic carbocycles. The topological polar surface area (TPSA) is 61.6 Å². The predicted molar refractivity (Wildman–Crippen MR) is 106 cm³/mol. The molecule has 26 heavy (non-hydrogen) atoms. The lowest BCUT2D eigenvalue weighted by Gasteiger charge is -2.14. The Morgan fingerprint density at radius 2 is 1.92 bits per heavy atom. The van der Waals surface area contributed by atoms with E-state index in [4.69, 9.17) is 11.6 Å². The summed E-state index contributed by atoms with van der Waals surface area (Å²) in [5.74, 6) is 0.334. The highest BCUT2D eigenvalue weighted by atomic mass is 35.5. The largest absolute Gasteiger partial charge is 0.340 e. The fraction of sp³-hybridized carbons (Fsp3) is 0.0500. The van der Waals surface area contributed by atoms with Crippen LogP contribution in [0.5, 0.6) is 0 Å². The lowest BCUT2D eigenvalue weighted by Crippen LogP contribution is -2.00. The summed E-state index contributed by atoms with van der Waals surface area (Å²) < 4.78 is 0. The van der Waals surface area contributed by atoms with E-state index in [1.807, 2.05) is 60.0 Å². The molecule has 0 unspecified atom stereocenters. The SMILES string of the molecule is N#C[C@H](c1ccccc1)c1ccc(Nc2ncnc3sccc23)cc1Cl. The third kappa shape index (κ3) is 3.13. The van der Waals surface area contributed by atoms with Gasteiger partial charge in [-0.1, -0.05) is 48.0 Å². The molecule has 0 aliphatic rings. The Hall–Kier alpha value is -2.94. The van der Waals surface area contributed by atoms with Gasteiger partial charge in [0.2, 0.25) is 0 Å². The van der Waals surface area contributed by atoms with Crippen LogP contribution in [0.3, 0.4) is 0 Å². The molecule has 126 valence electrons. The van der Waals surface area contributed by atoms with E-state index in [-0.39, 0.29) is 0 Å². The van der Waals surface area contributed by atoms with E-state index in [1.54, 1.807) is 11.3 Å². The van der Waals surface area contributed by atoms with Crippen LogP contribution in [0.1, 0.15) is 17.0 Å². The second-order valence-corrected chi connectivity index (χ2v) is 7.00. The molecule has 0 spiro atoms. The van der Waals surface area contributed by atoms with Crippen molar-refractivity contribution in [1.82, 2.24) is 9.97 Å². The molecule has 0 amide bonds. The highest BCUT2D eigenvalue weighted by Gasteiger charge is 2.17. The van der Waals surface area contributed by atoms with Crippen LogP contribution in [0.4, 0.5) is 11.5 Å². The Kier molecular flexibility index (Phi) is 4.53. The highest BCUT2D eigenvalue weighted by Crippen LogP contribution is 2.33. The Labute approximate surface area is 159 Å². The number of rotatable bonds is 4. The molecule has 2 heterocycles. The van der Waals surface area contributed by atoms with Crippen LogP contribution in [-0.4, -0.2) is 9.97 Å². The van der Waals surface area contributed by atoms with Gasteiger partial charge in [-0.25, -0.2) is 9.97 Å². The second-order valence-electron chi connectivity index (χ2n) is 5.70. The van der Waals surface area contributed by atoms with Gasteiger partial charge in [0, 0.05) is 10.7 Å². The molecule has 0 radical (unpaired) electrons. The standard InChI is InChI=1S/C20H13ClN4S/c21-18-10-14(25-19-16-8-9-26-20(16)24-12-23-19)6-7-15(18)17(11-22)13-4-2-1-3-5-13/h1-10,12,17H,(H,23,24,25)/t17-/m1/s1. The van der Waals surface area contributed by atoms with Crippen molar-refractivity contribution < 1.29 is 0 Å². The fourth-order valence-electron chi connectivity index (χ4n) is 2.83. The fourth-order valence-corrected chi connectivity index (χ4v) is 3.86. The van der Waals surface area contributed by atoms with Crippen LogP contribution in [0, 0.1) is 11.3 Å². The van der Waals surface area contributed by atoms with Gasteiger partial charge in [-0.15, -0.1) is 11.3 Å². The second kappa shape index (κ2) is 7.12. The van der Waals surface area contributed by atoms with Gasteiger partial charge in [0.05, 0.1) is 17.4 Å². The van der Waals surface area contributed by atoms with E-state index in [1.165, 1.54) is 6.33 Å². The lowest BCUT2D eigenvalue weighted by molar-refractivity contribution is 1.04. The van der Waals surface area contributed by atoms with Gasteiger partial charge in [0.1, 0.15) is 17.0 Å². The van der Waals surface area contributed by atoms with Crippen LogP contribution in [0.25, 0.3) is 10.2 Å². The number of aromatic nitrogens is 2. The molecule has 1 atom stereocenters. The van der Waals surface area contributed by atoms with Gasteiger partial charge >= 0.3 is 0 Å². The number of nitriles is 1. The average molecular weight is 377 g/mol. The zero-order valence-electron chi connectivity index (χ0n) is 13.6. The van der Waals surface area contributed by atoms with Crippen molar-refractivity contribution in [3.05, 3.63) is 82.5 Å². The number of hydrogen-bond donors (Lipinski definition) is 1. The summed E-state index contributed by atoms with van der Waals surface area (Å²) in [7, 11) is 0. The summed E-state index contributed by atoms with van der Waals surface area (Å²) in [4.78, 5) is 9.49. The number of nitrogens with one attached hydrogen (secondary N) is 1. The Bertz CT molecular complexity index is 1100. The maximum atomic E-state index is 9.62. The van der Waals surface area contributed by atoms with Gasteiger partial charge in [-0.05, 0) is 34.7 Å². The zero-order chi connectivity index (χ0) is 17.9. The maximum absolute atomic E-state index is 9.62. The van der Waals surface area contributed by atoms with Gasteiger partial charge in [0.15, 0.2) is 0 Å². The highest BCUT2D eigenvalue weighted by molar-refractivity contribution is 7.16. The van der Waals surface area contributed by atoms with Crippen LogP contribution in [0.15, 0.2) is 66.3 Å². The quantitative estimate of drug-likeness (QED) is 0.493. The van der Waals surface area contributed by atoms with E-state index in [9.17, 15) is 5.26 Å². The van der Waals surface area contributed by atoms with Crippen LogP contribution < -0.4 is 5.32 Å². The number of fused-ring (bicyclic) bond motifs is 1. The minimum atomic E-state index is -0.402. The van der Waals surface area contributed by atoms with Crippen LogP contribution in [-0.2, 0) is 0 Å². The van der Waals surface area contributed by atoms with Crippen molar-refractivity contribution in [3.8, 4) is 6.07 Å². The van der Waals surface area contributed by atoms with Gasteiger partial charge < -0.3 is 5.32 Å². The van der Waals surface area contributed by atoms with Gasteiger partial charge in [-0.3, -0.25) is 0 Å². The van der Waals surface area contributed by atoms with Crippen molar-refractivity contribution >= 4 is 44.7 Å². The molecular formula is C20H13ClN4S. The molecule has 1 N–H and O–H groups in total. The van der Waals surface area contributed by atoms with Gasteiger partial charge in [-0.2, -0.15) is 5.26 Å². The normalized spacial score (nSPS) is 11.8. The number of benzene rings is 2. The molecule has 4 nitrogen and oxygen atoms in total. The molecule has 4 rings (SSSR count). The molecule has 0 fully saturated rings. The first kappa shape index (κ1) is 16.5.